The lowest BCUT2D eigenvalue weighted by atomic mass is 9.97. The monoisotopic (exact) mass is 254 g/mol. The van der Waals surface area contributed by atoms with Crippen LogP contribution >= 0.6 is 0 Å². The van der Waals surface area contributed by atoms with Crippen molar-refractivity contribution in [2.75, 3.05) is 0 Å². The molecule has 0 radical (unpaired) electrons. The van der Waals surface area contributed by atoms with Crippen LogP contribution < -0.4 is 5.73 Å². The first kappa shape index (κ1) is 13.3. The van der Waals surface area contributed by atoms with Gasteiger partial charge in [-0.1, -0.05) is 25.5 Å². The lowest BCUT2D eigenvalue weighted by Crippen LogP contribution is -2.34. The van der Waals surface area contributed by atoms with E-state index in [0.29, 0.717) is 5.56 Å². The van der Waals surface area contributed by atoms with Crippen LogP contribution in [-0.2, 0) is 5.54 Å². The van der Waals surface area contributed by atoms with Crippen molar-refractivity contribution in [3.63, 3.8) is 0 Å². The normalized spacial score (nSPS) is 13.8. The molecule has 1 aromatic heterocycles. The Morgan fingerprint density at radius 3 is 2.95 bits per heavy atom. The lowest BCUT2D eigenvalue weighted by molar-refractivity contribution is 0.423. The number of benzene rings is 1. The summed E-state index contributed by atoms with van der Waals surface area (Å²) in [5, 5.41) is 8.92. The molecule has 0 spiro atoms. The molecule has 0 aliphatic carbocycles. The van der Waals surface area contributed by atoms with E-state index in [1.54, 1.807) is 12.3 Å². The second-order valence-electron chi connectivity index (χ2n) is 5.01. The summed E-state index contributed by atoms with van der Waals surface area (Å²) in [6.07, 6.45) is 3.65. The highest BCUT2D eigenvalue weighted by Crippen LogP contribution is 2.24. The van der Waals surface area contributed by atoms with Crippen molar-refractivity contribution in [2.45, 2.75) is 32.2 Å². The molecule has 0 bridgehead atoms. The van der Waals surface area contributed by atoms with Gasteiger partial charge in [-0.15, -0.1) is 0 Å². The molecular formula is C15H18N4. The Kier molecular flexibility index (Phi) is 3.68. The third-order valence-electron chi connectivity index (χ3n) is 3.19. The Hall–Kier alpha value is -2.12. The maximum Gasteiger partial charge on any atom is 0.126 e. The Balaban J connectivity index is 2.33. The van der Waals surface area contributed by atoms with E-state index in [-0.39, 0.29) is 0 Å². The Bertz CT molecular complexity index is 605. The van der Waals surface area contributed by atoms with E-state index in [4.69, 9.17) is 11.0 Å². The maximum absolute atomic E-state index is 8.92. The number of nitrogens with zero attached hydrogens (tertiary/aromatic N) is 2. The van der Waals surface area contributed by atoms with E-state index in [1.165, 1.54) is 0 Å². The number of aromatic amines is 1. The van der Waals surface area contributed by atoms with Gasteiger partial charge in [-0.2, -0.15) is 5.26 Å². The molecule has 1 unspecified atom stereocenters. The first-order chi connectivity index (χ1) is 9.06. The molecule has 0 saturated heterocycles. The number of hydrogen-bond donors (Lipinski definition) is 2. The zero-order chi connectivity index (χ0) is 13.9. The average Bonchev–Trinajstić information content (AvgIpc) is 2.89. The SMILES string of the molecule is CCCC(C)(N)c1ncc(-c2cccc(C#N)c2)[nH]1. The van der Waals surface area contributed by atoms with Crippen molar-refractivity contribution in [3.05, 3.63) is 41.9 Å². The second kappa shape index (κ2) is 5.25. The number of hydrogen-bond acceptors (Lipinski definition) is 3. The van der Waals surface area contributed by atoms with Crippen LogP contribution in [0.3, 0.4) is 0 Å². The molecule has 2 aromatic rings. The van der Waals surface area contributed by atoms with Gasteiger partial charge in [0.1, 0.15) is 5.82 Å². The third-order valence-corrected chi connectivity index (χ3v) is 3.19. The molecule has 1 atom stereocenters. The van der Waals surface area contributed by atoms with Crippen LogP contribution in [0.2, 0.25) is 0 Å². The highest BCUT2D eigenvalue weighted by Gasteiger charge is 2.23. The van der Waals surface area contributed by atoms with Gasteiger partial charge in [0.2, 0.25) is 0 Å². The van der Waals surface area contributed by atoms with E-state index < -0.39 is 5.54 Å². The summed E-state index contributed by atoms with van der Waals surface area (Å²) in [5.41, 5.74) is 8.28. The number of rotatable bonds is 4. The molecule has 2 rings (SSSR count). The van der Waals surface area contributed by atoms with Crippen LogP contribution in [0.1, 0.15) is 38.1 Å². The van der Waals surface area contributed by atoms with Gasteiger partial charge in [-0.05, 0) is 25.5 Å². The van der Waals surface area contributed by atoms with Crippen LogP contribution in [0.5, 0.6) is 0 Å². The minimum Gasteiger partial charge on any atom is -0.340 e. The van der Waals surface area contributed by atoms with Crippen molar-refractivity contribution < 1.29 is 0 Å². The lowest BCUT2D eigenvalue weighted by Gasteiger charge is -2.21. The second-order valence-corrected chi connectivity index (χ2v) is 5.01. The topological polar surface area (TPSA) is 78.5 Å². The average molecular weight is 254 g/mol. The summed E-state index contributed by atoms with van der Waals surface area (Å²) in [7, 11) is 0. The molecule has 1 heterocycles. The van der Waals surface area contributed by atoms with Gasteiger partial charge >= 0.3 is 0 Å². The fourth-order valence-corrected chi connectivity index (χ4v) is 2.15. The predicted molar refractivity (Wildman–Crippen MR) is 75.2 cm³/mol. The van der Waals surface area contributed by atoms with Gasteiger partial charge in [0, 0.05) is 5.56 Å². The van der Waals surface area contributed by atoms with Gasteiger partial charge in [-0.25, -0.2) is 4.98 Å². The predicted octanol–water partition coefficient (Wildman–Crippen LogP) is 2.92. The largest absolute Gasteiger partial charge is 0.340 e. The standard InChI is InChI=1S/C15H18N4/c1-3-7-15(2,17)14-18-10-13(19-14)12-6-4-5-11(8-12)9-16/h4-6,8,10H,3,7,17H2,1-2H3,(H,18,19). The summed E-state index contributed by atoms with van der Waals surface area (Å²) in [6.45, 7) is 4.08. The summed E-state index contributed by atoms with van der Waals surface area (Å²) < 4.78 is 0. The van der Waals surface area contributed by atoms with Crippen molar-refractivity contribution in [3.8, 4) is 17.3 Å². The van der Waals surface area contributed by atoms with E-state index in [0.717, 1.165) is 29.9 Å². The first-order valence-corrected chi connectivity index (χ1v) is 6.41. The molecule has 3 N–H and O–H groups in total. The molecular weight excluding hydrogens is 236 g/mol. The van der Waals surface area contributed by atoms with E-state index in [2.05, 4.69) is 23.0 Å². The van der Waals surface area contributed by atoms with Gasteiger partial charge < -0.3 is 10.7 Å². The molecule has 4 heteroatoms. The van der Waals surface area contributed by atoms with E-state index >= 15 is 0 Å². The highest BCUT2D eigenvalue weighted by molar-refractivity contribution is 5.61. The van der Waals surface area contributed by atoms with Crippen molar-refractivity contribution in [2.24, 2.45) is 5.73 Å². The van der Waals surface area contributed by atoms with Gasteiger partial charge in [0.15, 0.2) is 0 Å². The van der Waals surface area contributed by atoms with Crippen LogP contribution in [0.15, 0.2) is 30.5 Å². The number of aromatic nitrogens is 2. The fraction of sp³-hybridized carbons (Fsp3) is 0.333. The van der Waals surface area contributed by atoms with Gasteiger partial charge in [-0.3, -0.25) is 0 Å². The Morgan fingerprint density at radius 2 is 2.26 bits per heavy atom. The zero-order valence-electron chi connectivity index (χ0n) is 11.3. The smallest absolute Gasteiger partial charge is 0.126 e. The third kappa shape index (κ3) is 2.83. The summed E-state index contributed by atoms with van der Waals surface area (Å²) in [6, 6.07) is 9.57. The minimum absolute atomic E-state index is 0.445. The zero-order valence-corrected chi connectivity index (χ0v) is 11.3. The molecule has 98 valence electrons. The number of imidazole rings is 1. The molecule has 0 saturated carbocycles. The van der Waals surface area contributed by atoms with Crippen LogP contribution in [0.4, 0.5) is 0 Å². The molecule has 0 aliphatic rings. The summed E-state index contributed by atoms with van der Waals surface area (Å²) in [4.78, 5) is 7.64. The van der Waals surface area contributed by atoms with Crippen LogP contribution in [-0.4, -0.2) is 9.97 Å². The highest BCUT2D eigenvalue weighted by atomic mass is 15.0. The fourth-order valence-electron chi connectivity index (χ4n) is 2.15. The molecule has 0 fully saturated rings. The molecule has 0 amide bonds. The van der Waals surface area contributed by atoms with Gasteiger partial charge in [0.25, 0.3) is 0 Å². The number of nitriles is 1. The number of H-pyrrole nitrogens is 1. The number of nitrogens with two attached hydrogens (primary N) is 1. The molecule has 1 aromatic carbocycles. The minimum atomic E-state index is -0.445. The van der Waals surface area contributed by atoms with Crippen molar-refractivity contribution in [1.29, 1.82) is 5.26 Å². The van der Waals surface area contributed by atoms with Crippen LogP contribution in [0.25, 0.3) is 11.3 Å². The van der Waals surface area contributed by atoms with E-state index in [9.17, 15) is 0 Å². The quantitative estimate of drug-likeness (QED) is 0.880. The van der Waals surface area contributed by atoms with Crippen LogP contribution in [0, 0.1) is 11.3 Å². The molecule has 0 aliphatic heterocycles. The van der Waals surface area contributed by atoms with E-state index in [1.807, 2.05) is 25.1 Å². The van der Waals surface area contributed by atoms with Gasteiger partial charge in [0.05, 0.1) is 29.1 Å². The molecule has 4 nitrogen and oxygen atoms in total. The van der Waals surface area contributed by atoms with Crippen molar-refractivity contribution >= 4 is 0 Å². The van der Waals surface area contributed by atoms with Crippen molar-refractivity contribution in [1.82, 2.24) is 9.97 Å². The summed E-state index contributed by atoms with van der Waals surface area (Å²) >= 11 is 0. The first-order valence-electron chi connectivity index (χ1n) is 6.41. The Morgan fingerprint density at radius 1 is 1.47 bits per heavy atom. The Labute approximate surface area is 113 Å². The molecule has 19 heavy (non-hydrogen) atoms. The maximum atomic E-state index is 8.92. The summed E-state index contributed by atoms with van der Waals surface area (Å²) in [5.74, 6) is 0.784. The number of nitrogens with one attached hydrogen (secondary N) is 1.